The van der Waals surface area contributed by atoms with Gasteiger partial charge in [-0.25, -0.2) is 9.59 Å². The second kappa shape index (κ2) is 6.69. The predicted molar refractivity (Wildman–Crippen MR) is 88.4 cm³/mol. The number of rotatable bonds is 4. The maximum atomic E-state index is 11.8. The molecule has 0 spiro atoms. The van der Waals surface area contributed by atoms with Crippen LogP contribution in [0.5, 0.6) is 0 Å². The van der Waals surface area contributed by atoms with Crippen molar-refractivity contribution < 1.29 is 19.4 Å². The van der Waals surface area contributed by atoms with Crippen molar-refractivity contribution >= 4 is 22.8 Å². The molecular formula is C18H21NO4. The van der Waals surface area contributed by atoms with E-state index in [0.717, 1.165) is 16.3 Å². The molecule has 122 valence electrons. The molecule has 0 saturated heterocycles. The van der Waals surface area contributed by atoms with Gasteiger partial charge in [-0.15, -0.1) is 0 Å². The van der Waals surface area contributed by atoms with Crippen molar-refractivity contribution in [3.8, 4) is 0 Å². The highest BCUT2D eigenvalue weighted by atomic mass is 16.6. The molecule has 2 N–H and O–H groups in total. The summed E-state index contributed by atoms with van der Waals surface area (Å²) in [5.74, 6) is -1.09. The third-order valence-electron chi connectivity index (χ3n) is 3.29. The summed E-state index contributed by atoms with van der Waals surface area (Å²) in [5.41, 5.74) is 0.193. The molecule has 5 heteroatoms. The molecule has 0 radical (unpaired) electrons. The summed E-state index contributed by atoms with van der Waals surface area (Å²) < 4.78 is 5.13. The fourth-order valence-corrected chi connectivity index (χ4v) is 2.34. The van der Waals surface area contributed by atoms with Gasteiger partial charge in [0.2, 0.25) is 0 Å². The molecule has 0 heterocycles. The minimum absolute atomic E-state index is 0.190. The largest absolute Gasteiger partial charge is 0.480 e. The number of amides is 1. The highest BCUT2D eigenvalue weighted by Crippen LogP contribution is 2.20. The maximum Gasteiger partial charge on any atom is 0.408 e. The van der Waals surface area contributed by atoms with E-state index in [4.69, 9.17) is 4.74 Å². The van der Waals surface area contributed by atoms with Crippen LogP contribution in [0, 0.1) is 0 Å². The monoisotopic (exact) mass is 315 g/mol. The summed E-state index contributed by atoms with van der Waals surface area (Å²) in [6.45, 7) is 5.19. The lowest BCUT2D eigenvalue weighted by Crippen LogP contribution is -2.44. The first-order valence-electron chi connectivity index (χ1n) is 7.45. The van der Waals surface area contributed by atoms with Gasteiger partial charge in [0.25, 0.3) is 0 Å². The predicted octanol–water partition coefficient (Wildman–Crippen LogP) is 3.36. The standard InChI is InChI=1S/C18H21NO4/c1-18(2,3)23-17(22)19-15(16(20)21)11-13-9-6-8-12-7-4-5-10-14(12)13/h4-10,15H,11H2,1-3H3,(H,19,22)(H,20,21). The van der Waals surface area contributed by atoms with Crippen LogP contribution in [0.25, 0.3) is 10.8 Å². The van der Waals surface area contributed by atoms with Crippen LogP contribution in [0.2, 0.25) is 0 Å². The highest BCUT2D eigenvalue weighted by Gasteiger charge is 2.24. The Labute approximate surface area is 135 Å². The number of fused-ring (bicyclic) bond motifs is 1. The van der Waals surface area contributed by atoms with Crippen molar-refractivity contribution in [3.63, 3.8) is 0 Å². The van der Waals surface area contributed by atoms with E-state index in [1.807, 2.05) is 42.5 Å². The Balaban J connectivity index is 2.19. The van der Waals surface area contributed by atoms with Crippen molar-refractivity contribution in [1.82, 2.24) is 5.32 Å². The molecule has 2 rings (SSSR count). The first kappa shape index (κ1) is 16.8. The minimum atomic E-state index is -1.09. The van der Waals surface area contributed by atoms with Gasteiger partial charge in [-0.2, -0.15) is 0 Å². The number of hydrogen-bond acceptors (Lipinski definition) is 3. The number of carbonyl (C=O) groups excluding carboxylic acids is 1. The quantitative estimate of drug-likeness (QED) is 0.907. The Kier molecular flexibility index (Phi) is 4.89. The molecule has 1 amide bonds. The fraction of sp³-hybridized carbons (Fsp3) is 0.333. The van der Waals surface area contributed by atoms with Gasteiger partial charge in [-0.05, 0) is 37.1 Å². The molecule has 0 aliphatic heterocycles. The SMILES string of the molecule is CC(C)(C)OC(=O)NC(Cc1cccc2ccccc12)C(=O)O. The van der Waals surface area contributed by atoms with Gasteiger partial charge >= 0.3 is 12.1 Å². The van der Waals surface area contributed by atoms with Crippen molar-refractivity contribution in [3.05, 3.63) is 48.0 Å². The molecule has 1 atom stereocenters. The van der Waals surface area contributed by atoms with Crippen LogP contribution in [0.15, 0.2) is 42.5 Å². The zero-order chi connectivity index (χ0) is 17.0. The smallest absolute Gasteiger partial charge is 0.408 e. The van der Waals surface area contributed by atoms with Crippen LogP contribution in [-0.2, 0) is 16.0 Å². The summed E-state index contributed by atoms with van der Waals surface area (Å²) in [5, 5.41) is 13.8. The van der Waals surface area contributed by atoms with E-state index in [-0.39, 0.29) is 6.42 Å². The van der Waals surface area contributed by atoms with E-state index in [9.17, 15) is 14.7 Å². The van der Waals surface area contributed by atoms with Crippen LogP contribution in [-0.4, -0.2) is 28.8 Å². The first-order valence-corrected chi connectivity index (χ1v) is 7.45. The van der Waals surface area contributed by atoms with E-state index in [2.05, 4.69) is 5.32 Å². The molecular weight excluding hydrogens is 294 g/mol. The Bertz CT molecular complexity index is 713. The number of carboxylic acids is 1. The number of aliphatic carboxylic acids is 1. The molecule has 0 saturated carbocycles. The molecule has 2 aromatic carbocycles. The van der Waals surface area contributed by atoms with Gasteiger partial charge < -0.3 is 15.2 Å². The summed E-state index contributed by atoms with van der Waals surface area (Å²) in [6.07, 6.45) is -0.541. The normalized spacial score (nSPS) is 12.7. The van der Waals surface area contributed by atoms with Gasteiger partial charge in [0.05, 0.1) is 0 Å². The summed E-state index contributed by atoms with van der Waals surface area (Å²) in [7, 11) is 0. The third kappa shape index (κ3) is 4.71. The summed E-state index contributed by atoms with van der Waals surface area (Å²) >= 11 is 0. The first-order chi connectivity index (χ1) is 10.8. The molecule has 23 heavy (non-hydrogen) atoms. The number of carbonyl (C=O) groups is 2. The Morgan fingerprint density at radius 2 is 1.78 bits per heavy atom. The lowest BCUT2D eigenvalue weighted by atomic mass is 9.99. The Morgan fingerprint density at radius 1 is 1.13 bits per heavy atom. The number of nitrogens with one attached hydrogen (secondary N) is 1. The molecule has 5 nitrogen and oxygen atoms in total. The average Bonchev–Trinajstić information content (AvgIpc) is 2.44. The Hall–Kier alpha value is -2.56. The van der Waals surface area contributed by atoms with Crippen LogP contribution in [0.4, 0.5) is 4.79 Å². The topological polar surface area (TPSA) is 75.6 Å². The minimum Gasteiger partial charge on any atom is -0.480 e. The van der Waals surface area contributed by atoms with Gasteiger partial charge in [-0.1, -0.05) is 42.5 Å². The lowest BCUT2D eigenvalue weighted by molar-refractivity contribution is -0.139. The number of carboxylic acid groups (broad SMARTS) is 1. The zero-order valence-electron chi connectivity index (χ0n) is 13.5. The average molecular weight is 315 g/mol. The number of alkyl carbamates (subject to hydrolysis) is 1. The van der Waals surface area contributed by atoms with Gasteiger partial charge in [0, 0.05) is 6.42 Å². The van der Waals surface area contributed by atoms with Crippen LogP contribution < -0.4 is 5.32 Å². The van der Waals surface area contributed by atoms with Gasteiger partial charge in [-0.3, -0.25) is 0 Å². The third-order valence-corrected chi connectivity index (χ3v) is 3.29. The van der Waals surface area contributed by atoms with Gasteiger partial charge in [0.1, 0.15) is 11.6 Å². The maximum absolute atomic E-state index is 11.8. The molecule has 0 aliphatic rings. The molecule has 1 unspecified atom stereocenters. The molecule has 0 aliphatic carbocycles. The van der Waals surface area contributed by atoms with Crippen molar-refractivity contribution in [2.75, 3.05) is 0 Å². The highest BCUT2D eigenvalue weighted by molar-refractivity contribution is 5.87. The van der Waals surface area contributed by atoms with Crippen molar-refractivity contribution in [1.29, 1.82) is 0 Å². The van der Waals surface area contributed by atoms with Crippen LogP contribution in [0.3, 0.4) is 0 Å². The second-order valence-electron chi connectivity index (χ2n) is 6.38. The molecule has 0 bridgehead atoms. The molecule has 0 aromatic heterocycles. The molecule has 2 aromatic rings. The van der Waals surface area contributed by atoms with E-state index in [1.54, 1.807) is 20.8 Å². The number of benzene rings is 2. The van der Waals surface area contributed by atoms with Crippen molar-refractivity contribution in [2.24, 2.45) is 0 Å². The van der Waals surface area contributed by atoms with Crippen molar-refractivity contribution in [2.45, 2.75) is 38.8 Å². The molecule has 0 fully saturated rings. The second-order valence-corrected chi connectivity index (χ2v) is 6.38. The van der Waals surface area contributed by atoms with E-state index >= 15 is 0 Å². The zero-order valence-corrected chi connectivity index (χ0v) is 13.5. The Morgan fingerprint density at radius 3 is 2.43 bits per heavy atom. The summed E-state index contributed by atoms with van der Waals surface area (Å²) in [4.78, 5) is 23.3. The lowest BCUT2D eigenvalue weighted by Gasteiger charge is -2.22. The van der Waals surface area contributed by atoms with Crippen LogP contribution in [0.1, 0.15) is 26.3 Å². The fourth-order valence-electron chi connectivity index (χ4n) is 2.34. The number of hydrogen-bond donors (Lipinski definition) is 2. The van der Waals surface area contributed by atoms with Crippen LogP contribution >= 0.6 is 0 Å². The van der Waals surface area contributed by atoms with E-state index < -0.39 is 23.7 Å². The van der Waals surface area contributed by atoms with E-state index in [1.165, 1.54) is 0 Å². The summed E-state index contributed by atoms with van der Waals surface area (Å²) in [6, 6.07) is 12.4. The van der Waals surface area contributed by atoms with Gasteiger partial charge in [0.15, 0.2) is 0 Å². The van der Waals surface area contributed by atoms with E-state index in [0.29, 0.717) is 0 Å². The number of ether oxygens (including phenoxy) is 1.